The molecular weight excluding hydrogens is 344 g/mol. The Labute approximate surface area is 140 Å². The standard InChI is InChI=1S/C17H23BrN2S/c1-13(2)19-12-14-6-7-15(11-17(14)18)20(3)9-8-16-5-4-10-21-16/h4-7,10-11,13,19H,8-9,12H2,1-3H3. The Hall–Kier alpha value is -0.840. The van der Waals surface area contributed by atoms with E-state index < -0.39 is 0 Å². The topological polar surface area (TPSA) is 15.3 Å². The first kappa shape index (κ1) is 16.5. The minimum atomic E-state index is 0.505. The van der Waals surface area contributed by atoms with Crippen LogP contribution in [0.2, 0.25) is 0 Å². The van der Waals surface area contributed by atoms with Crippen LogP contribution in [-0.4, -0.2) is 19.6 Å². The van der Waals surface area contributed by atoms with Crippen molar-refractivity contribution in [2.45, 2.75) is 32.9 Å². The number of hydrogen-bond acceptors (Lipinski definition) is 3. The number of hydrogen-bond donors (Lipinski definition) is 1. The Morgan fingerprint density at radius 2 is 2.10 bits per heavy atom. The second kappa shape index (κ2) is 7.97. The normalized spacial score (nSPS) is 11.1. The molecule has 0 aliphatic heterocycles. The average molecular weight is 367 g/mol. The number of rotatable bonds is 7. The molecule has 0 amide bonds. The first-order valence-corrected chi connectivity index (χ1v) is 8.99. The highest BCUT2D eigenvalue weighted by atomic mass is 79.9. The summed E-state index contributed by atoms with van der Waals surface area (Å²) in [5.74, 6) is 0. The van der Waals surface area contributed by atoms with Gasteiger partial charge in [0.2, 0.25) is 0 Å². The molecule has 0 bridgehead atoms. The lowest BCUT2D eigenvalue weighted by atomic mass is 10.2. The second-order valence-electron chi connectivity index (χ2n) is 5.56. The summed E-state index contributed by atoms with van der Waals surface area (Å²) in [6, 6.07) is 11.5. The highest BCUT2D eigenvalue weighted by molar-refractivity contribution is 9.10. The van der Waals surface area contributed by atoms with E-state index >= 15 is 0 Å². The van der Waals surface area contributed by atoms with Crippen molar-refractivity contribution in [2.75, 3.05) is 18.5 Å². The van der Waals surface area contributed by atoms with E-state index in [0.717, 1.165) is 19.5 Å². The van der Waals surface area contributed by atoms with E-state index in [2.05, 4.69) is 82.8 Å². The molecule has 21 heavy (non-hydrogen) atoms. The van der Waals surface area contributed by atoms with Crippen molar-refractivity contribution in [3.63, 3.8) is 0 Å². The van der Waals surface area contributed by atoms with Gasteiger partial charge in [0.1, 0.15) is 0 Å². The molecule has 1 aromatic carbocycles. The predicted molar refractivity (Wildman–Crippen MR) is 97.4 cm³/mol. The van der Waals surface area contributed by atoms with Gasteiger partial charge in [0.05, 0.1) is 0 Å². The molecule has 0 spiro atoms. The molecule has 0 aliphatic carbocycles. The van der Waals surface area contributed by atoms with Crippen molar-refractivity contribution in [1.82, 2.24) is 5.32 Å². The number of halogens is 1. The van der Waals surface area contributed by atoms with E-state index in [0.29, 0.717) is 6.04 Å². The van der Waals surface area contributed by atoms with Crippen LogP contribution in [-0.2, 0) is 13.0 Å². The Bertz CT molecular complexity index is 552. The summed E-state index contributed by atoms with van der Waals surface area (Å²) >= 11 is 5.52. The van der Waals surface area contributed by atoms with Crippen molar-refractivity contribution >= 4 is 33.0 Å². The Balaban J connectivity index is 1.95. The smallest absolute Gasteiger partial charge is 0.0375 e. The fourth-order valence-electron chi connectivity index (χ4n) is 2.09. The van der Waals surface area contributed by atoms with Gasteiger partial charge >= 0.3 is 0 Å². The van der Waals surface area contributed by atoms with Gasteiger partial charge in [-0.3, -0.25) is 0 Å². The molecule has 0 fully saturated rings. The third kappa shape index (κ3) is 5.13. The molecule has 0 radical (unpaired) electrons. The van der Waals surface area contributed by atoms with E-state index in [1.54, 1.807) is 0 Å². The van der Waals surface area contributed by atoms with Gasteiger partial charge in [-0.2, -0.15) is 0 Å². The first-order valence-electron chi connectivity index (χ1n) is 7.31. The first-order chi connectivity index (χ1) is 10.1. The minimum Gasteiger partial charge on any atom is -0.374 e. The average Bonchev–Trinajstić information content (AvgIpc) is 2.96. The molecule has 0 saturated heterocycles. The number of anilines is 1. The van der Waals surface area contributed by atoms with Crippen LogP contribution in [0.25, 0.3) is 0 Å². The summed E-state index contributed by atoms with van der Waals surface area (Å²) in [5.41, 5.74) is 2.56. The van der Waals surface area contributed by atoms with Crippen LogP contribution >= 0.6 is 27.3 Å². The maximum absolute atomic E-state index is 3.69. The SMILES string of the molecule is CC(C)NCc1ccc(N(C)CCc2cccs2)cc1Br. The molecule has 0 atom stereocenters. The summed E-state index contributed by atoms with van der Waals surface area (Å²) < 4.78 is 1.18. The molecule has 0 aliphatic rings. The second-order valence-corrected chi connectivity index (χ2v) is 7.45. The lowest BCUT2D eigenvalue weighted by molar-refractivity contribution is 0.588. The zero-order valence-corrected chi connectivity index (χ0v) is 15.3. The van der Waals surface area contributed by atoms with Gasteiger partial charge in [-0.25, -0.2) is 0 Å². The minimum absolute atomic E-state index is 0.505. The maximum atomic E-state index is 3.69. The summed E-state index contributed by atoms with van der Waals surface area (Å²) in [5, 5.41) is 5.59. The van der Waals surface area contributed by atoms with Crippen LogP contribution in [0.1, 0.15) is 24.3 Å². The summed E-state index contributed by atoms with van der Waals surface area (Å²) in [4.78, 5) is 3.75. The van der Waals surface area contributed by atoms with Gasteiger partial charge in [-0.05, 0) is 35.6 Å². The highest BCUT2D eigenvalue weighted by Gasteiger charge is 2.06. The molecule has 2 rings (SSSR count). The number of thiophene rings is 1. The number of benzene rings is 1. The third-order valence-corrected chi connectivity index (χ3v) is 5.13. The van der Waals surface area contributed by atoms with Crippen molar-refractivity contribution in [3.8, 4) is 0 Å². The molecule has 0 saturated carbocycles. The monoisotopic (exact) mass is 366 g/mol. The van der Waals surface area contributed by atoms with E-state index in [1.807, 2.05) is 11.3 Å². The van der Waals surface area contributed by atoms with Crippen molar-refractivity contribution in [1.29, 1.82) is 0 Å². The van der Waals surface area contributed by atoms with E-state index in [9.17, 15) is 0 Å². The fourth-order valence-corrected chi connectivity index (χ4v) is 3.30. The van der Waals surface area contributed by atoms with E-state index in [-0.39, 0.29) is 0 Å². The number of likely N-dealkylation sites (N-methyl/N-ethyl adjacent to an activating group) is 1. The molecule has 114 valence electrons. The largest absolute Gasteiger partial charge is 0.374 e. The quantitative estimate of drug-likeness (QED) is 0.764. The van der Waals surface area contributed by atoms with Crippen LogP contribution in [0.3, 0.4) is 0 Å². The van der Waals surface area contributed by atoms with Gasteiger partial charge < -0.3 is 10.2 Å². The lowest BCUT2D eigenvalue weighted by Crippen LogP contribution is -2.22. The Morgan fingerprint density at radius 1 is 1.29 bits per heavy atom. The summed E-state index contributed by atoms with van der Waals surface area (Å²) in [6.45, 7) is 6.27. The van der Waals surface area contributed by atoms with Crippen LogP contribution < -0.4 is 10.2 Å². The van der Waals surface area contributed by atoms with Gasteiger partial charge in [-0.15, -0.1) is 11.3 Å². The highest BCUT2D eigenvalue weighted by Crippen LogP contribution is 2.24. The van der Waals surface area contributed by atoms with Gasteiger partial charge in [0.15, 0.2) is 0 Å². The van der Waals surface area contributed by atoms with Crippen molar-refractivity contribution < 1.29 is 0 Å². The zero-order valence-electron chi connectivity index (χ0n) is 12.9. The number of nitrogens with zero attached hydrogens (tertiary/aromatic N) is 1. The van der Waals surface area contributed by atoms with Crippen molar-refractivity contribution in [3.05, 3.63) is 50.6 Å². The molecule has 1 N–H and O–H groups in total. The van der Waals surface area contributed by atoms with Gasteiger partial charge in [0, 0.05) is 41.2 Å². The molecule has 0 unspecified atom stereocenters. The maximum Gasteiger partial charge on any atom is 0.0375 e. The van der Waals surface area contributed by atoms with Gasteiger partial charge in [-0.1, -0.05) is 41.9 Å². The van der Waals surface area contributed by atoms with Crippen LogP contribution in [0.4, 0.5) is 5.69 Å². The molecule has 1 heterocycles. The van der Waals surface area contributed by atoms with Crippen LogP contribution in [0.5, 0.6) is 0 Å². The molecule has 2 aromatic rings. The molecule has 1 aromatic heterocycles. The van der Waals surface area contributed by atoms with Crippen LogP contribution in [0, 0.1) is 0 Å². The zero-order chi connectivity index (χ0) is 15.2. The Kier molecular flexibility index (Phi) is 6.27. The molecule has 4 heteroatoms. The van der Waals surface area contributed by atoms with Crippen molar-refractivity contribution in [2.24, 2.45) is 0 Å². The summed E-state index contributed by atoms with van der Waals surface area (Å²) in [7, 11) is 2.15. The van der Waals surface area contributed by atoms with Gasteiger partial charge in [0.25, 0.3) is 0 Å². The summed E-state index contributed by atoms with van der Waals surface area (Å²) in [6.07, 6.45) is 1.10. The number of nitrogens with one attached hydrogen (secondary N) is 1. The van der Waals surface area contributed by atoms with Crippen LogP contribution in [0.15, 0.2) is 40.2 Å². The van der Waals surface area contributed by atoms with E-state index in [1.165, 1.54) is 20.6 Å². The molecular formula is C17H23BrN2S. The Morgan fingerprint density at radius 3 is 2.71 bits per heavy atom. The predicted octanol–water partition coefficient (Wildman–Crippen LogP) is 4.69. The third-order valence-electron chi connectivity index (χ3n) is 3.45. The fraction of sp³-hybridized carbons (Fsp3) is 0.412. The lowest BCUT2D eigenvalue weighted by Gasteiger charge is -2.20. The van der Waals surface area contributed by atoms with E-state index in [4.69, 9.17) is 0 Å². The molecule has 2 nitrogen and oxygen atoms in total.